The van der Waals surface area contributed by atoms with Crippen LogP contribution in [0.5, 0.6) is 0 Å². The van der Waals surface area contributed by atoms with Gasteiger partial charge >= 0.3 is 0 Å². The summed E-state index contributed by atoms with van der Waals surface area (Å²) >= 11 is 0. The first-order valence-electron chi connectivity index (χ1n) is 11.1. The summed E-state index contributed by atoms with van der Waals surface area (Å²) in [5.41, 5.74) is 1.89. The maximum atomic E-state index is 13.3. The van der Waals surface area contributed by atoms with E-state index in [1.165, 1.54) is 0 Å². The van der Waals surface area contributed by atoms with E-state index in [0.29, 0.717) is 18.0 Å². The lowest BCUT2D eigenvalue weighted by molar-refractivity contribution is -0.0553. The Bertz CT molecular complexity index is 1070. The molecule has 2 N–H and O–H groups in total. The molecule has 0 unspecified atom stereocenters. The normalized spacial score (nSPS) is 25.4. The van der Waals surface area contributed by atoms with E-state index in [4.69, 9.17) is 0 Å². The van der Waals surface area contributed by atoms with E-state index in [1.54, 1.807) is 35.5 Å². The Hall–Kier alpha value is -2.21. The largest absolute Gasteiger partial charge is 0.395 e. The van der Waals surface area contributed by atoms with Gasteiger partial charge in [0.05, 0.1) is 11.5 Å². The van der Waals surface area contributed by atoms with Crippen molar-refractivity contribution < 1.29 is 18.6 Å². The number of nitrogens with zero attached hydrogens (tertiary/aromatic N) is 2. The highest BCUT2D eigenvalue weighted by Crippen LogP contribution is 2.42. The second kappa shape index (κ2) is 9.74. The van der Waals surface area contributed by atoms with Crippen LogP contribution in [0.4, 0.5) is 0 Å². The van der Waals surface area contributed by atoms with Gasteiger partial charge in [0.2, 0.25) is 10.0 Å². The van der Waals surface area contributed by atoms with Crippen molar-refractivity contribution in [3.8, 4) is 11.8 Å². The second-order valence-corrected chi connectivity index (χ2v) is 10.5. The quantitative estimate of drug-likeness (QED) is 0.691. The molecule has 7 heteroatoms. The van der Waals surface area contributed by atoms with E-state index < -0.39 is 16.1 Å². The van der Waals surface area contributed by atoms with Gasteiger partial charge in [0.25, 0.3) is 0 Å². The van der Waals surface area contributed by atoms with Gasteiger partial charge < -0.3 is 10.2 Å². The third-order valence-corrected chi connectivity index (χ3v) is 8.31. The Morgan fingerprint density at radius 1 is 1.06 bits per heavy atom. The molecule has 2 aromatic rings. The van der Waals surface area contributed by atoms with Crippen molar-refractivity contribution in [1.29, 1.82) is 0 Å². The third-order valence-electron chi connectivity index (χ3n) is 6.43. The maximum Gasteiger partial charge on any atom is 0.243 e. The summed E-state index contributed by atoms with van der Waals surface area (Å²) in [6, 6.07) is 16.5. The molecule has 0 aliphatic carbocycles. The highest BCUT2D eigenvalue weighted by Gasteiger charge is 2.50. The van der Waals surface area contributed by atoms with Crippen LogP contribution in [0.1, 0.15) is 36.8 Å². The minimum Gasteiger partial charge on any atom is -0.395 e. The first-order chi connectivity index (χ1) is 15.4. The molecule has 2 heterocycles. The third kappa shape index (κ3) is 4.61. The summed E-state index contributed by atoms with van der Waals surface area (Å²) in [5.74, 6) is 5.73. The molecule has 0 saturated carbocycles. The summed E-state index contributed by atoms with van der Waals surface area (Å²) in [6.45, 7) is 3.44. The average Bonchev–Trinajstić information content (AvgIpc) is 2.78. The first kappa shape index (κ1) is 23.0. The molecule has 0 radical (unpaired) electrons. The standard InChI is InChI=1S/C25H30N2O4S/c1-19(29)9-10-20-11-13-21(14-12-20)25-23-17-26(15-5-6-16-27(23)24(25)18-28)32(30,31)22-7-3-2-4-8-22/h2-4,7-8,11-14,19,23-25,28-29H,5-6,15-18H2,1H3/t19-,23-,24-,25-/m0/s1. The van der Waals surface area contributed by atoms with Gasteiger partial charge in [-0.25, -0.2) is 8.42 Å². The van der Waals surface area contributed by atoms with Crippen molar-refractivity contribution in [2.45, 2.75) is 48.8 Å². The molecule has 0 spiro atoms. The summed E-state index contributed by atoms with van der Waals surface area (Å²) in [4.78, 5) is 2.58. The molecule has 2 aliphatic rings. The van der Waals surface area contributed by atoms with E-state index >= 15 is 0 Å². The Balaban J connectivity index is 1.60. The zero-order valence-electron chi connectivity index (χ0n) is 18.3. The Morgan fingerprint density at radius 3 is 2.41 bits per heavy atom. The molecule has 0 amide bonds. The van der Waals surface area contributed by atoms with Crippen LogP contribution in [0.2, 0.25) is 0 Å². The molecule has 4 atom stereocenters. The predicted octanol–water partition coefficient (Wildman–Crippen LogP) is 2.03. The van der Waals surface area contributed by atoms with Crippen molar-refractivity contribution in [1.82, 2.24) is 9.21 Å². The summed E-state index contributed by atoms with van der Waals surface area (Å²) in [7, 11) is -3.57. The topological polar surface area (TPSA) is 81.1 Å². The van der Waals surface area contributed by atoms with E-state index in [-0.39, 0.29) is 24.6 Å². The van der Waals surface area contributed by atoms with Gasteiger partial charge in [-0.3, -0.25) is 4.90 Å². The molecular formula is C25H30N2O4S. The molecule has 2 saturated heterocycles. The molecular weight excluding hydrogens is 424 g/mol. The second-order valence-electron chi connectivity index (χ2n) is 8.53. The lowest BCUT2D eigenvalue weighted by atomic mass is 9.74. The van der Waals surface area contributed by atoms with E-state index in [9.17, 15) is 18.6 Å². The van der Waals surface area contributed by atoms with Crippen molar-refractivity contribution in [2.24, 2.45) is 0 Å². The van der Waals surface area contributed by atoms with Crippen molar-refractivity contribution in [3.05, 3.63) is 65.7 Å². The fraction of sp³-hybridized carbons (Fsp3) is 0.440. The zero-order valence-corrected chi connectivity index (χ0v) is 19.1. The van der Waals surface area contributed by atoms with E-state index in [1.807, 2.05) is 30.3 Å². The minimum absolute atomic E-state index is 0.0142. The van der Waals surface area contributed by atoms with Crippen LogP contribution in [0, 0.1) is 11.8 Å². The predicted molar refractivity (Wildman–Crippen MR) is 124 cm³/mol. The van der Waals surface area contributed by atoms with Gasteiger partial charge in [-0.05, 0) is 56.1 Å². The summed E-state index contributed by atoms with van der Waals surface area (Å²) in [6.07, 6.45) is 1.02. The molecule has 4 rings (SSSR count). The number of aliphatic hydroxyl groups is 2. The van der Waals surface area contributed by atoms with Crippen molar-refractivity contribution in [3.63, 3.8) is 0 Å². The van der Waals surface area contributed by atoms with E-state index in [2.05, 4.69) is 16.7 Å². The molecule has 2 aromatic carbocycles. The molecule has 2 aliphatic heterocycles. The lowest BCUT2D eigenvalue weighted by Gasteiger charge is -2.57. The van der Waals surface area contributed by atoms with Crippen LogP contribution >= 0.6 is 0 Å². The van der Waals surface area contributed by atoms with Gasteiger partial charge in [0, 0.05) is 36.7 Å². The monoisotopic (exact) mass is 454 g/mol. The highest BCUT2D eigenvalue weighted by atomic mass is 32.2. The molecule has 6 nitrogen and oxygen atoms in total. The summed E-state index contributed by atoms with van der Waals surface area (Å²) in [5, 5.41) is 19.5. The number of rotatable bonds is 4. The summed E-state index contributed by atoms with van der Waals surface area (Å²) < 4.78 is 28.2. The van der Waals surface area contributed by atoms with Gasteiger partial charge in [0.15, 0.2) is 0 Å². The van der Waals surface area contributed by atoms with Crippen LogP contribution in [0.25, 0.3) is 0 Å². The Morgan fingerprint density at radius 2 is 1.75 bits per heavy atom. The van der Waals surface area contributed by atoms with Crippen LogP contribution < -0.4 is 0 Å². The molecule has 170 valence electrons. The smallest absolute Gasteiger partial charge is 0.243 e. The number of sulfonamides is 1. The van der Waals surface area contributed by atoms with Crippen LogP contribution in [0.3, 0.4) is 0 Å². The van der Waals surface area contributed by atoms with Gasteiger partial charge in [0.1, 0.15) is 6.10 Å². The molecule has 0 aromatic heterocycles. The van der Waals surface area contributed by atoms with Gasteiger partial charge in [-0.1, -0.05) is 42.2 Å². The number of hydrogen-bond donors (Lipinski definition) is 2. The lowest BCUT2D eigenvalue weighted by Crippen LogP contribution is -2.67. The SMILES string of the molecule is C[C@H](O)C#Cc1ccc([C@@H]2[C@H](CO)N3CCCCN(S(=O)(=O)c4ccccc4)C[C@@H]23)cc1. The Kier molecular flexibility index (Phi) is 6.99. The van der Waals surface area contributed by atoms with Crippen molar-refractivity contribution in [2.75, 3.05) is 26.2 Å². The first-order valence-corrected chi connectivity index (χ1v) is 12.6. The molecule has 2 fully saturated rings. The number of fused-ring (bicyclic) bond motifs is 1. The number of aliphatic hydroxyl groups excluding tert-OH is 2. The number of benzene rings is 2. The van der Waals surface area contributed by atoms with Crippen LogP contribution in [0.15, 0.2) is 59.5 Å². The van der Waals surface area contributed by atoms with Gasteiger partial charge in [-0.2, -0.15) is 4.31 Å². The highest BCUT2D eigenvalue weighted by molar-refractivity contribution is 7.89. The zero-order chi connectivity index (χ0) is 22.7. The Labute approximate surface area is 190 Å². The molecule has 32 heavy (non-hydrogen) atoms. The van der Waals surface area contributed by atoms with E-state index in [0.717, 1.165) is 30.5 Å². The molecule has 0 bridgehead atoms. The fourth-order valence-corrected chi connectivity index (χ4v) is 6.36. The maximum absolute atomic E-state index is 13.3. The van der Waals surface area contributed by atoms with Gasteiger partial charge in [-0.15, -0.1) is 0 Å². The van der Waals surface area contributed by atoms with Crippen LogP contribution in [-0.2, 0) is 10.0 Å². The number of hydrogen-bond acceptors (Lipinski definition) is 5. The van der Waals surface area contributed by atoms with Crippen molar-refractivity contribution >= 4 is 10.0 Å². The minimum atomic E-state index is -3.57. The average molecular weight is 455 g/mol. The fourth-order valence-electron chi connectivity index (χ4n) is 4.85. The van der Waals surface area contributed by atoms with Crippen LogP contribution in [-0.4, -0.2) is 72.3 Å².